The first-order valence-corrected chi connectivity index (χ1v) is 7.69. The van der Waals surface area contributed by atoms with Gasteiger partial charge in [-0.15, -0.1) is 0 Å². The second-order valence-corrected chi connectivity index (χ2v) is 5.88. The molecule has 0 unspecified atom stereocenters. The SMILES string of the molecule is NCC#Cc1cncc(S(=O)(=O)NCCn2ccnc2)c1. The molecule has 3 N–H and O–H groups in total. The summed E-state index contributed by atoms with van der Waals surface area (Å²) in [4.78, 5) is 7.85. The molecule has 0 aliphatic rings. The predicted molar refractivity (Wildman–Crippen MR) is 77.6 cm³/mol. The molecule has 2 heterocycles. The van der Waals surface area contributed by atoms with E-state index >= 15 is 0 Å². The van der Waals surface area contributed by atoms with E-state index in [1.54, 1.807) is 23.3 Å². The first-order chi connectivity index (χ1) is 10.1. The van der Waals surface area contributed by atoms with E-state index in [0.717, 1.165) is 0 Å². The first-order valence-electron chi connectivity index (χ1n) is 6.21. The van der Waals surface area contributed by atoms with Gasteiger partial charge in [-0.25, -0.2) is 18.1 Å². The van der Waals surface area contributed by atoms with Gasteiger partial charge in [0.1, 0.15) is 4.90 Å². The molecule has 0 amide bonds. The number of hydrogen-bond donors (Lipinski definition) is 2. The third-order valence-electron chi connectivity index (χ3n) is 2.58. The molecule has 0 fully saturated rings. The van der Waals surface area contributed by atoms with E-state index in [9.17, 15) is 8.42 Å². The Balaban J connectivity index is 2.04. The van der Waals surface area contributed by atoms with Crippen LogP contribution in [-0.2, 0) is 16.6 Å². The lowest BCUT2D eigenvalue weighted by molar-refractivity contribution is 0.572. The van der Waals surface area contributed by atoms with Gasteiger partial charge in [0.15, 0.2) is 0 Å². The van der Waals surface area contributed by atoms with Gasteiger partial charge in [0, 0.05) is 43.4 Å². The van der Waals surface area contributed by atoms with Crippen molar-refractivity contribution in [1.29, 1.82) is 0 Å². The van der Waals surface area contributed by atoms with Crippen molar-refractivity contribution < 1.29 is 8.42 Å². The van der Waals surface area contributed by atoms with E-state index in [4.69, 9.17) is 5.73 Å². The van der Waals surface area contributed by atoms with Gasteiger partial charge in [0.25, 0.3) is 0 Å². The average molecular weight is 305 g/mol. The fraction of sp³-hybridized carbons (Fsp3) is 0.231. The van der Waals surface area contributed by atoms with Gasteiger partial charge in [0.05, 0.1) is 12.9 Å². The Hall–Kier alpha value is -2.21. The average Bonchev–Trinajstić information content (AvgIpc) is 2.98. The van der Waals surface area contributed by atoms with Gasteiger partial charge in [-0.3, -0.25) is 4.98 Å². The van der Waals surface area contributed by atoms with Crippen LogP contribution in [0.25, 0.3) is 0 Å². The van der Waals surface area contributed by atoms with Crippen LogP contribution in [0.4, 0.5) is 0 Å². The minimum atomic E-state index is -3.61. The molecule has 7 nitrogen and oxygen atoms in total. The highest BCUT2D eigenvalue weighted by Crippen LogP contribution is 2.08. The minimum Gasteiger partial charge on any atom is -0.336 e. The van der Waals surface area contributed by atoms with Crippen LogP contribution in [0.15, 0.2) is 42.1 Å². The minimum absolute atomic E-state index is 0.0805. The molecule has 0 spiro atoms. The van der Waals surface area contributed by atoms with Crippen molar-refractivity contribution in [2.75, 3.05) is 13.1 Å². The molecule has 0 aromatic carbocycles. The Morgan fingerprint density at radius 1 is 1.33 bits per heavy atom. The van der Waals surface area contributed by atoms with Crippen molar-refractivity contribution in [3.05, 3.63) is 42.7 Å². The molecule has 2 rings (SSSR count). The van der Waals surface area contributed by atoms with Gasteiger partial charge in [-0.2, -0.15) is 0 Å². The van der Waals surface area contributed by atoms with Gasteiger partial charge in [0.2, 0.25) is 10.0 Å². The van der Waals surface area contributed by atoms with Crippen molar-refractivity contribution in [3.63, 3.8) is 0 Å². The Morgan fingerprint density at radius 3 is 2.90 bits per heavy atom. The van der Waals surface area contributed by atoms with Crippen LogP contribution in [0.2, 0.25) is 0 Å². The summed E-state index contributed by atoms with van der Waals surface area (Å²) < 4.78 is 28.6. The molecule has 2 aromatic rings. The maximum atomic E-state index is 12.1. The Morgan fingerprint density at radius 2 is 2.19 bits per heavy atom. The van der Waals surface area contributed by atoms with E-state index in [1.165, 1.54) is 18.5 Å². The molecule has 0 atom stereocenters. The predicted octanol–water partition coefficient (Wildman–Crippen LogP) is -0.433. The van der Waals surface area contributed by atoms with Crippen LogP contribution in [0.5, 0.6) is 0 Å². The monoisotopic (exact) mass is 305 g/mol. The van der Waals surface area contributed by atoms with Gasteiger partial charge >= 0.3 is 0 Å². The molecule has 0 saturated heterocycles. The number of nitrogens with zero attached hydrogens (tertiary/aromatic N) is 3. The lowest BCUT2D eigenvalue weighted by atomic mass is 10.3. The summed E-state index contributed by atoms with van der Waals surface area (Å²) >= 11 is 0. The van der Waals surface area contributed by atoms with Crippen LogP contribution >= 0.6 is 0 Å². The molecule has 0 saturated carbocycles. The summed E-state index contributed by atoms with van der Waals surface area (Å²) in [7, 11) is -3.61. The van der Waals surface area contributed by atoms with Crippen LogP contribution in [0.1, 0.15) is 5.56 Å². The molecule has 0 radical (unpaired) electrons. The first kappa shape index (κ1) is 15.2. The van der Waals surface area contributed by atoms with E-state index in [-0.39, 0.29) is 18.0 Å². The summed E-state index contributed by atoms with van der Waals surface area (Å²) in [6, 6.07) is 1.47. The zero-order valence-electron chi connectivity index (χ0n) is 11.2. The second-order valence-electron chi connectivity index (χ2n) is 4.11. The molecule has 0 bridgehead atoms. The van der Waals surface area contributed by atoms with Gasteiger partial charge in [-0.05, 0) is 6.07 Å². The number of imidazole rings is 1. The largest absolute Gasteiger partial charge is 0.336 e. The molecule has 2 aromatic heterocycles. The maximum Gasteiger partial charge on any atom is 0.242 e. The number of rotatable bonds is 5. The van der Waals surface area contributed by atoms with Gasteiger partial charge < -0.3 is 10.3 Å². The highest BCUT2D eigenvalue weighted by atomic mass is 32.2. The standard InChI is InChI=1S/C13H15N5O2S/c14-3-1-2-12-8-13(10-16-9-12)21(19,20)17-5-7-18-6-4-15-11-18/h4,6,8-11,17H,3,5,7,14H2. The number of aromatic nitrogens is 3. The van der Waals surface area contributed by atoms with Crippen LogP contribution in [-0.4, -0.2) is 36.0 Å². The van der Waals surface area contributed by atoms with E-state index < -0.39 is 10.0 Å². The molecule has 21 heavy (non-hydrogen) atoms. The van der Waals surface area contributed by atoms with E-state index in [0.29, 0.717) is 12.1 Å². The fourth-order valence-corrected chi connectivity index (χ4v) is 2.61. The Bertz CT molecular complexity index is 744. The van der Waals surface area contributed by atoms with E-state index in [2.05, 4.69) is 26.5 Å². The summed E-state index contributed by atoms with van der Waals surface area (Å²) in [5.41, 5.74) is 5.79. The number of nitrogens with one attached hydrogen (secondary N) is 1. The zero-order chi connectivity index (χ0) is 15.1. The number of nitrogens with two attached hydrogens (primary N) is 1. The summed E-state index contributed by atoms with van der Waals surface area (Å²) in [5, 5.41) is 0. The summed E-state index contributed by atoms with van der Waals surface area (Å²) in [5.74, 6) is 5.41. The van der Waals surface area contributed by atoms with Crippen LogP contribution in [0, 0.1) is 11.8 Å². The smallest absolute Gasteiger partial charge is 0.242 e. The molecular formula is C13H15N5O2S. The molecule has 110 valence electrons. The number of sulfonamides is 1. The summed E-state index contributed by atoms with van der Waals surface area (Å²) in [6.07, 6.45) is 7.80. The second kappa shape index (κ2) is 6.99. The van der Waals surface area contributed by atoms with E-state index in [1.807, 2.05) is 0 Å². The quantitative estimate of drug-likeness (QED) is 0.729. The zero-order valence-corrected chi connectivity index (χ0v) is 12.0. The number of hydrogen-bond acceptors (Lipinski definition) is 5. The van der Waals surface area contributed by atoms with Crippen molar-refractivity contribution in [2.24, 2.45) is 5.73 Å². The molecule has 0 aliphatic heterocycles. The normalized spacial score (nSPS) is 10.9. The molecule has 0 aliphatic carbocycles. The van der Waals surface area contributed by atoms with Gasteiger partial charge in [-0.1, -0.05) is 11.8 Å². The lowest BCUT2D eigenvalue weighted by Gasteiger charge is -2.07. The third-order valence-corrected chi connectivity index (χ3v) is 4.01. The highest BCUT2D eigenvalue weighted by molar-refractivity contribution is 7.89. The molecular weight excluding hydrogens is 290 g/mol. The van der Waals surface area contributed by atoms with Crippen molar-refractivity contribution in [2.45, 2.75) is 11.4 Å². The topological polar surface area (TPSA) is 103 Å². The van der Waals surface area contributed by atoms with Crippen LogP contribution in [0.3, 0.4) is 0 Å². The maximum absolute atomic E-state index is 12.1. The highest BCUT2D eigenvalue weighted by Gasteiger charge is 2.14. The third kappa shape index (κ3) is 4.39. The van der Waals surface area contributed by atoms with Crippen molar-refractivity contribution in [3.8, 4) is 11.8 Å². The van der Waals surface area contributed by atoms with Crippen LogP contribution < -0.4 is 10.5 Å². The summed E-state index contributed by atoms with van der Waals surface area (Å²) in [6.45, 7) is 0.969. The van der Waals surface area contributed by atoms with Crippen molar-refractivity contribution >= 4 is 10.0 Å². The van der Waals surface area contributed by atoms with Crippen molar-refractivity contribution in [1.82, 2.24) is 19.3 Å². The number of pyridine rings is 1. The Kier molecular flexibility index (Phi) is 5.05. The fourth-order valence-electron chi connectivity index (χ4n) is 1.60. The molecule has 8 heteroatoms. The Labute approximate surface area is 123 Å². The lowest BCUT2D eigenvalue weighted by Crippen LogP contribution is -2.27.